The van der Waals surface area contributed by atoms with Crippen LogP contribution in [0, 0.1) is 0 Å². The molecule has 0 fully saturated rings. The van der Waals surface area contributed by atoms with Crippen LogP contribution in [0.5, 0.6) is 0 Å². The molecule has 152 valence electrons. The minimum absolute atomic E-state index is 0.789. The van der Waals surface area contributed by atoms with E-state index in [1.165, 1.54) is 5.70 Å². The number of para-hydroxylation sites is 2. The first-order chi connectivity index (χ1) is 15.9. The fourth-order valence-corrected chi connectivity index (χ4v) is 4.76. The summed E-state index contributed by atoms with van der Waals surface area (Å²) in [5, 5.41) is 2.19. The summed E-state index contributed by atoms with van der Waals surface area (Å²) >= 11 is 0. The van der Waals surface area contributed by atoms with Gasteiger partial charge >= 0.3 is 0 Å². The molecule has 32 heavy (non-hydrogen) atoms. The van der Waals surface area contributed by atoms with Crippen LogP contribution in [0.2, 0.25) is 0 Å². The van der Waals surface area contributed by atoms with E-state index < -0.39 is 0 Å². The van der Waals surface area contributed by atoms with Crippen molar-refractivity contribution < 1.29 is 0 Å². The smallest absolute Gasteiger partial charge is 0.165 e. The van der Waals surface area contributed by atoms with Crippen molar-refractivity contribution in [3.05, 3.63) is 79.1 Å². The Morgan fingerprint density at radius 3 is 1.97 bits per heavy atom. The van der Waals surface area contributed by atoms with Gasteiger partial charge in [0, 0.05) is 48.0 Å². The maximum atomic E-state index is 5.24. The average Bonchev–Trinajstić information content (AvgIpc) is 3.36. The number of fused-ring (bicyclic) bond motifs is 6. The summed E-state index contributed by atoms with van der Waals surface area (Å²) in [6.45, 7) is 0.789. The van der Waals surface area contributed by atoms with Gasteiger partial charge in [0.2, 0.25) is 0 Å². The van der Waals surface area contributed by atoms with Gasteiger partial charge in [-0.1, -0.05) is 36.4 Å². The predicted octanol–water partition coefficient (Wildman–Crippen LogP) is 5.39. The molecule has 1 aliphatic heterocycles. The lowest BCUT2D eigenvalue weighted by molar-refractivity contribution is 0.955. The van der Waals surface area contributed by atoms with Gasteiger partial charge in [0.15, 0.2) is 11.3 Å². The fourth-order valence-electron chi connectivity index (χ4n) is 4.76. The lowest BCUT2D eigenvalue weighted by Gasteiger charge is -2.12. The Balaban J connectivity index is 1.68. The number of aliphatic imine (C=N–C) groups is 1. The molecule has 7 rings (SSSR count). The zero-order valence-corrected chi connectivity index (χ0v) is 17.2. The molecule has 0 unspecified atom stereocenters. The van der Waals surface area contributed by atoms with E-state index in [0.29, 0.717) is 0 Å². The minimum atomic E-state index is 0.789. The van der Waals surface area contributed by atoms with E-state index in [-0.39, 0.29) is 0 Å². The van der Waals surface area contributed by atoms with Crippen LogP contribution in [-0.2, 0) is 0 Å². The molecule has 0 saturated carbocycles. The van der Waals surface area contributed by atoms with E-state index in [4.69, 9.17) is 9.97 Å². The molecular formula is C26H18N6. The highest BCUT2D eigenvalue weighted by atomic mass is 15.1. The van der Waals surface area contributed by atoms with Gasteiger partial charge in [-0.25, -0.2) is 9.97 Å². The number of rotatable bonds is 2. The Bertz CT molecular complexity index is 1720. The highest BCUT2D eigenvalue weighted by Crippen LogP contribution is 2.35. The van der Waals surface area contributed by atoms with Crippen molar-refractivity contribution in [1.29, 1.82) is 0 Å². The molecule has 5 heterocycles. The van der Waals surface area contributed by atoms with Gasteiger partial charge in [-0.15, -0.1) is 0 Å². The van der Waals surface area contributed by atoms with Gasteiger partial charge in [-0.2, -0.15) is 0 Å². The van der Waals surface area contributed by atoms with E-state index in [9.17, 15) is 0 Å². The first kappa shape index (κ1) is 17.4. The average molecular weight is 414 g/mol. The molecule has 0 atom stereocenters. The monoisotopic (exact) mass is 414 g/mol. The molecule has 6 aromatic rings. The molecule has 0 bridgehead atoms. The summed E-state index contributed by atoms with van der Waals surface area (Å²) in [4.78, 5) is 19.0. The van der Waals surface area contributed by atoms with Crippen molar-refractivity contribution in [2.24, 2.45) is 4.99 Å². The van der Waals surface area contributed by atoms with Gasteiger partial charge in [0.1, 0.15) is 11.0 Å². The minimum Gasteiger partial charge on any atom is -0.296 e. The molecule has 0 aliphatic carbocycles. The van der Waals surface area contributed by atoms with Crippen LogP contribution in [0.3, 0.4) is 0 Å². The molecule has 1 aliphatic rings. The second kappa shape index (κ2) is 6.59. The van der Waals surface area contributed by atoms with Crippen LogP contribution in [0.25, 0.3) is 55.5 Å². The Morgan fingerprint density at radius 2 is 1.31 bits per heavy atom. The lowest BCUT2D eigenvalue weighted by Crippen LogP contribution is -2.04. The Labute approximate surface area is 183 Å². The van der Waals surface area contributed by atoms with Crippen molar-refractivity contribution in [2.75, 3.05) is 6.54 Å². The van der Waals surface area contributed by atoms with Gasteiger partial charge < -0.3 is 0 Å². The SMILES string of the molecule is C1=NCCC(n2c3ccccc3c3nc4c(nc32)c2ccccc2n4-c2ccncc2)=C1. The van der Waals surface area contributed by atoms with E-state index in [0.717, 1.165) is 62.8 Å². The summed E-state index contributed by atoms with van der Waals surface area (Å²) in [7, 11) is 0. The van der Waals surface area contributed by atoms with Crippen LogP contribution < -0.4 is 0 Å². The first-order valence-corrected chi connectivity index (χ1v) is 10.7. The van der Waals surface area contributed by atoms with Gasteiger partial charge in [-0.3, -0.25) is 19.1 Å². The number of nitrogens with zero attached hydrogens (tertiary/aromatic N) is 6. The highest BCUT2D eigenvalue weighted by molar-refractivity contribution is 6.13. The molecule has 6 nitrogen and oxygen atoms in total. The molecule has 4 aromatic heterocycles. The zero-order valence-electron chi connectivity index (χ0n) is 17.2. The second-order valence-corrected chi connectivity index (χ2v) is 7.94. The van der Waals surface area contributed by atoms with Crippen molar-refractivity contribution >= 4 is 56.0 Å². The fraction of sp³-hybridized carbons (Fsp3) is 0.0769. The van der Waals surface area contributed by atoms with Crippen molar-refractivity contribution in [2.45, 2.75) is 6.42 Å². The van der Waals surface area contributed by atoms with Crippen LogP contribution in [0.1, 0.15) is 6.42 Å². The number of dihydropyridines is 1. The largest absolute Gasteiger partial charge is 0.296 e. The zero-order chi connectivity index (χ0) is 21.1. The number of hydrogen-bond acceptors (Lipinski definition) is 4. The summed E-state index contributed by atoms with van der Waals surface area (Å²) in [5.74, 6) is 0. The van der Waals surface area contributed by atoms with E-state index in [1.807, 2.05) is 30.7 Å². The van der Waals surface area contributed by atoms with Gasteiger partial charge in [0.25, 0.3) is 0 Å². The number of aromatic nitrogens is 5. The topological polar surface area (TPSA) is 60.9 Å². The van der Waals surface area contributed by atoms with E-state index >= 15 is 0 Å². The summed E-state index contributed by atoms with van der Waals surface area (Å²) < 4.78 is 4.43. The molecule has 2 aromatic carbocycles. The van der Waals surface area contributed by atoms with Crippen LogP contribution in [0.15, 0.2) is 84.1 Å². The molecule has 0 amide bonds. The number of benzene rings is 2. The van der Waals surface area contributed by atoms with Crippen LogP contribution >= 0.6 is 0 Å². The van der Waals surface area contributed by atoms with Crippen molar-refractivity contribution in [3.63, 3.8) is 0 Å². The van der Waals surface area contributed by atoms with Crippen LogP contribution in [0.4, 0.5) is 0 Å². The number of pyridine rings is 1. The number of hydrogen-bond donors (Lipinski definition) is 0. The predicted molar refractivity (Wildman–Crippen MR) is 129 cm³/mol. The molecule has 0 N–H and O–H groups in total. The maximum absolute atomic E-state index is 5.24. The molecule has 0 saturated heterocycles. The molecular weight excluding hydrogens is 396 g/mol. The van der Waals surface area contributed by atoms with Gasteiger partial charge in [0.05, 0.1) is 16.7 Å². The Morgan fingerprint density at radius 1 is 0.688 bits per heavy atom. The third-order valence-electron chi connectivity index (χ3n) is 6.16. The van der Waals surface area contributed by atoms with Crippen molar-refractivity contribution in [1.82, 2.24) is 24.1 Å². The quantitative estimate of drug-likeness (QED) is 0.382. The molecule has 6 heteroatoms. The normalized spacial score (nSPS) is 14.1. The Kier molecular flexibility index (Phi) is 3.58. The van der Waals surface area contributed by atoms with E-state index in [1.54, 1.807) is 0 Å². The molecule has 0 radical (unpaired) electrons. The third-order valence-corrected chi connectivity index (χ3v) is 6.16. The standard InChI is InChI=1S/C26H18N6/c1-3-7-21-19(5-1)23-25(31(21)17-9-13-27-14-10-17)30-24-20-6-2-4-8-22(20)32(26(24)29-23)18-11-15-28-16-12-18/h1-11,13-15H,12,16H2. The van der Waals surface area contributed by atoms with Crippen LogP contribution in [-0.4, -0.2) is 36.8 Å². The summed E-state index contributed by atoms with van der Waals surface area (Å²) in [6.07, 6.45) is 8.47. The van der Waals surface area contributed by atoms with E-state index in [2.05, 4.69) is 73.7 Å². The molecule has 0 spiro atoms. The highest BCUT2D eigenvalue weighted by Gasteiger charge is 2.21. The maximum Gasteiger partial charge on any atom is 0.165 e. The van der Waals surface area contributed by atoms with Gasteiger partial charge in [-0.05, 0) is 30.3 Å². The number of allylic oxidation sites excluding steroid dienone is 1. The second-order valence-electron chi connectivity index (χ2n) is 7.94. The summed E-state index contributed by atoms with van der Waals surface area (Å²) in [5.41, 5.74) is 7.98. The lowest BCUT2D eigenvalue weighted by atomic mass is 10.2. The summed E-state index contributed by atoms with van der Waals surface area (Å²) in [6, 6.07) is 20.8. The van der Waals surface area contributed by atoms with Crippen molar-refractivity contribution in [3.8, 4) is 5.69 Å². The first-order valence-electron chi connectivity index (χ1n) is 10.7. The Hall–Kier alpha value is -4.32. The third kappa shape index (κ3) is 2.34.